The summed E-state index contributed by atoms with van der Waals surface area (Å²) in [4.78, 5) is 22.5. The fourth-order valence-corrected chi connectivity index (χ4v) is 3.09. The summed E-state index contributed by atoms with van der Waals surface area (Å²) in [5.74, 6) is 0.620. The molecule has 0 spiro atoms. The second kappa shape index (κ2) is 6.31. The third-order valence-corrected chi connectivity index (χ3v) is 4.31. The molecule has 4 rings (SSSR count). The number of amides is 1. The van der Waals surface area contributed by atoms with Crippen molar-refractivity contribution >= 4 is 16.8 Å². The first-order valence-electron chi connectivity index (χ1n) is 8.04. The van der Waals surface area contributed by atoms with Gasteiger partial charge in [-0.05, 0) is 17.5 Å². The molecule has 6 heteroatoms. The highest BCUT2D eigenvalue weighted by Crippen LogP contribution is 2.18. The second-order valence-corrected chi connectivity index (χ2v) is 5.91. The van der Waals surface area contributed by atoms with Crippen molar-refractivity contribution in [3.63, 3.8) is 0 Å². The van der Waals surface area contributed by atoms with Gasteiger partial charge in [0.1, 0.15) is 12.6 Å². The Morgan fingerprint density at radius 2 is 2.17 bits per heavy atom. The molecule has 0 radical (unpaired) electrons. The minimum atomic E-state index is -0.0212. The van der Waals surface area contributed by atoms with Gasteiger partial charge in [0.15, 0.2) is 0 Å². The van der Waals surface area contributed by atoms with Crippen LogP contribution in [0.15, 0.2) is 55.1 Å². The first-order valence-corrected chi connectivity index (χ1v) is 8.04. The Morgan fingerprint density at radius 3 is 3.04 bits per heavy atom. The van der Waals surface area contributed by atoms with E-state index in [0.717, 1.165) is 17.3 Å². The number of para-hydroxylation sites is 1. The Bertz CT molecular complexity index is 846. The van der Waals surface area contributed by atoms with Crippen molar-refractivity contribution < 1.29 is 9.53 Å². The number of hydrogen-bond acceptors (Lipinski definition) is 4. The molecule has 0 unspecified atom stereocenters. The lowest BCUT2D eigenvalue weighted by Crippen LogP contribution is -2.33. The van der Waals surface area contributed by atoms with Gasteiger partial charge in [-0.15, -0.1) is 0 Å². The van der Waals surface area contributed by atoms with Crippen LogP contribution in [0, 0.1) is 0 Å². The van der Waals surface area contributed by atoms with Gasteiger partial charge in [0, 0.05) is 37.1 Å². The van der Waals surface area contributed by atoms with Gasteiger partial charge in [0.05, 0.1) is 12.7 Å². The second-order valence-electron chi connectivity index (χ2n) is 5.91. The number of hydrogen-bond donors (Lipinski definition) is 0. The highest BCUT2D eigenvalue weighted by atomic mass is 16.5. The Labute approximate surface area is 139 Å². The van der Waals surface area contributed by atoms with Gasteiger partial charge in [-0.1, -0.05) is 18.2 Å². The topological polar surface area (TPSA) is 60.2 Å². The van der Waals surface area contributed by atoms with Crippen LogP contribution in [0.4, 0.5) is 0 Å². The molecule has 122 valence electrons. The van der Waals surface area contributed by atoms with Crippen LogP contribution in [0.3, 0.4) is 0 Å². The van der Waals surface area contributed by atoms with E-state index in [0.29, 0.717) is 25.5 Å². The summed E-state index contributed by atoms with van der Waals surface area (Å²) in [6.45, 7) is 1.66. The SMILES string of the molecule is O=C(Cn1ccc2ccccc21)N1CC[C@H](Oc2cnccn2)C1. The largest absolute Gasteiger partial charge is 0.471 e. The highest BCUT2D eigenvalue weighted by Gasteiger charge is 2.28. The molecule has 1 aromatic carbocycles. The van der Waals surface area contributed by atoms with E-state index in [1.807, 2.05) is 39.9 Å². The Kier molecular flexibility index (Phi) is 3.86. The molecule has 6 nitrogen and oxygen atoms in total. The van der Waals surface area contributed by atoms with Gasteiger partial charge < -0.3 is 14.2 Å². The van der Waals surface area contributed by atoms with Crippen molar-refractivity contribution in [3.05, 3.63) is 55.1 Å². The smallest absolute Gasteiger partial charge is 0.242 e. The van der Waals surface area contributed by atoms with E-state index in [1.165, 1.54) is 0 Å². The zero-order valence-electron chi connectivity index (χ0n) is 13.2. The van der Waals surface area contributed by atoms with E-state index in [9.17, 15) is 4.79 Å². The number of aromatic nitrogens is 3. The number of carbonyl (C=O) groups is 1. The Hall–Kier alpha value is -2.89. The monoisotopic (exact) mass is 322 g/mol. The van der Waals surface area contributed by atoms with E-state index >= 15 is 0 Å². The fraction of sp³-hybridized carbons (Fsp3) is 0.278. The molecular weight excluding hydrogens is 304 g/mol. The van der Waals surface area contributed by atoms with Gasteiger partial charge >= 0.3 is 0 Å². The lowest BCUT2D eigenvalue weighted by atomic mass is 10.2. The van der Waals surface area contributed by atoms with E-state index in [2.05, 4.69) is 16.0 Å². The van der Waals surface area contributed by atoms with Crippen molar-refractivity contribution in [3.8, 4) is 5.88 Å². The van der Waals surface area contributed by atoms with Gasteiger partial charge in [-0.2, -0.15) is 0 Å². The summed E-state index contributed by atoms with van der Waals surface area (Å²) < 4.78 is 7.78. The lowest BCUT2D eigenvalue weighted by molar-refractivity contribution is -0.131. The highest BCUT2D eigenvalue weighted by molar-refractivity contribution is 5.83. The molecule has 3 aromatic rings. The predicted octanol–water partition coefficient (Wildman–Crippen LogP) is 2.11. The van der Waals surface area contributed by atoms with Crippen LogP contribution in [-0.2, 0) is 11.3 Å². The van der Waals surface area contributed by atoms with Crippen LogP contribution >= 0.6 is 0 Å². The molecule has 1 aliphatic heterocycles. The lowest BCUT2D eigenvalue weighted by Gasteiger charge is -2.17. The first-order chi connectivity index (χ1) is 11.8. The van der Waals surface area contributed by atoms with Crippen molar-refractivity contribution in [1.82, 2.24) is 19.4 Å². The number of benzene rings is 1. The minimum Gasteiger partial charge on any atom is -0.471 e. The maximum Gasteiger partial charge on any atom is 0.242 e. The quantitative estimate of drug-likeness (QED) is 0.738. The summed E-state index contributed by atoms with van der Waals surface area (Å²) in [7, 11) is 0. The predicted molar refractivity (Wildman–Crippen MR) is 89.6 cm³/mol. The molecule has 3 heterocycles. The van der Waals surface area contributed by atoms with Crippen LogP contribution in [-0.4, -0.2) is 44.5 Å². The molecule has 0 aliphatic carbocycles. The molecule has 1 fully saturated rings. The maximum absolute atomic E-state index is 12.6. The van der Waals surface area contributed by atoms with E-state index in [4.69, 9.17) is 4.74 Å². The molecular formula is C18H18N4O2. The Balaban J connectivity index is 1.39. The average molecular weight is 322 g/mol. The zero-order chi connectivity index (χ0) is 16.4. The van der Waals surface area contributed by atoms with Gasteiger partial charge in [0.25, 0.3) is 0 Å². The first kappa shape index (κ1) is 14.7. The third-order valence-electron chi connectivity index (χ3n) is 4.31. The van der Waals surface area contributed by atoms with E-state index < -0.39 is 0 Å². The summed E-state index contributed by atoms with van der Waals surface area (Å²) in [6, 6.07) is 10.1. The average Bonchev–Trinajstić information content (AvgIpc) is 3.24. The zero-order valence-corrected chi connectivity index (χ0v) is 13.2. The standard InChI is InChI=1S/C18H18N4O2/c23-18(13-21-9-5-14-3-1-2-4-16(14)21)22-10-6-15(12-22)24-17-11-19-7-8-20-17/h1-5,7-9,11,15H,6,10,12-13H2/t15-/m0/s1. The molecule has 24 heavy (non-hydrogen) atoms. The number of likely N-dealkylation sites (tertiary alicyclic amines) is 1. The molecule has 1 aliphatic rings. The van der Waals surface area contributed by atoms with Gasteiger partial charge in [-0.25, -0.2) is 4.98 Å². The minimum absolute atomic E-state index is 0.0212. The maximum atomic E-state index is 12.6. The summed E-state index contributed by atoms with van der Waals surface area (Å²) in [5.41, 5.74) is 1.08. The van der Waals surface area contributed by atoms with Crippen LogP contribution in [0.5, 0.6) is 5.88 Å². The molecule has 1 amide bonds. The van der Waals surface area contributed by atoms with Crippen LogP contribution < -0.4 is 4.74 Å². The Morgan fingerprint density at radius 1 is 1.25 bits per heavy atom. The van der Waals surface area contributed by atoms with E-state index in [1.54, 1.807) is 18.6 Å². The van der Waals surface area contributed by atoms with Crippen molar-refractivity contribution in [1.29, 1.82) is 0 Å². The van der Waals surface area contributed by atoms with Crippen LogP contribution in [0.25, 0.3) is 10.9 Å². The summed E-state index contributed by atoms with van der Waals surface area (Å²) in [6.07, 6.45) is 7.56. The summed E-state index contributed by atoms with van der Waals surface area (Å²) in [5, 5.41) is 1.15. The molecule has 1 saturated heterocycles. The van der Waals surface area contributed by atoms with Crippen molar-refractivity contribution in [2.75, 3.05) is 13.1 Å². The third kappa shape index (κ3) is 2.95. The van der Waals surface area contributed by atoms with Gasteiger partial charge in [0.2, 0.25) is 11.8 Å². The van der Waals surface area contributed by atoms with Crippen molar-refractivity contribution in [2.24, 2.45) is 0 Å². The molecule has 1 atom stereocenters. The number of carbonyl (C=O) groups excluding carboxylic acids is 1. The van der Waals surface area contributed by atoms with Crippen LogP contribution in [0.2, 0.25) is 0 Å². The van der Waals surface area contributed by atoms with Crippen molar-refractivity contribution in [2.45, 2.75) is 19.1 Å². The number of rotatable bonds is 4. The molecule has 0 N–H and O–H groups in total. The number of ether oxygens (including phenoxy) is 1. The van der Waals surface area contributed by atoms with Crippen LogP contribution in [0.1, 0.15) is 6.42 Å². The molecule has 2 aromatic heterocycles. The fourth-order valence-electron chi connectivity index (χ4n) is 3.09. The molecule has 0 bridgehead atoms. The normalized spacial score (nSPS) is 17.3. The molecule has 0 saturated carbocycles. The number of nitrogens with zero attached hydrogens (tertiary/aromatic N) is 4. The van der Waals surface area contributed by atoms with Gasteiger partial charge in [-0.3, -0.25) is 9.78 Å². The number of fused-ring (bicyclic) bond motifs is 1. The summed E-state index contributed by atoms with van der Waals surface area (Å²) >= 11 is 0. The van der Waals surface area contributed by atoms with E-state index in [-0.39, 0.29) is 12.0 Å².